The maximum Gasteiger partial charge on any atom is 0.268 e. The molecule has 0 aromatic carbocycles. The van der Waals surface area contributed by atoms with E-state index >= 15 is 0 Å². The van der Waals surface area contributed by atoms with E-state index in [-0.39, 0.29) is 17.4 Å². The van der Waals surface area contributed by atoms with Crippen molar-refractivity contribution in [3.8, 4) is 0 Å². The molecule has 3 heterocycles. The summed E-state index contributed by atoms with van der Waals surface area (Å²) in [6.45, 7) is 4.79. The summed E-state index contributed by atoms with van der Waals surface area (Å²) in [6, 6.07) is 7.45. The fourth-order valence-electron chi connectivity index (χ4n) is 3.38. The van der Waals surface area contributed by atoms with Crippen LogP contribution >= 0.6 is 0 Å². The number of piperidine rings is 1. The fourth-order valence-corrected chi connectivity index (χ4v) is 3.38. The molecule has 0 aliphatic carbocycles. The monoisotopic (exact) mass is 369 g/mol. The fraction of sp³-hybridized carbons (Fsp3) is 0.500. The number of amides is 1. The zero-order valence-electron chi connectivity index (χ0n) is 15.8. The Morgan fingerprint density at radius 2 is 2.11 bits per heavy atom. The summed E-state index contributed by atoms with van der Waals surface area (Å²) in [5, 5.41) is 7.27. The van der Waals surface area contributed by atoms with Gasteiger partial charge >= 0.3 is 0 Å². The van der Waals surface area contributed by atoms with Crippen LogP contribution in [0.3, 0.4) is 0 Å². The summed E-state index contributed by atoms with van der Waals surface area (Å²) in [7, 11) is 0. The van der Waals surface area contributed by atoms with Gasteiger partial charge in [0.2, 0.25) is 5.91 Å². The number of nitrogens with one attached hydrogen (secondary N) is 1. The minimum Gasteiger partial charge on any atom is -0.370 e. The summed E-state index contributed by atoms with van der Waals surface area (Å²) in [5.41, 5.74) is 1.77. The Labute approximate surface area is 159 Å². The van der Waals surface area contributed by atoms with Gasteiger partial charge in [0, 0.05) is 56.5 Å². The first-order chi connectivity index (χ1) is 13.2. The van der Waals surface area contributed by atoms with Gasteiger partial charge in [-0.05, 0) is 31.4 Å². The molecule has 1 aliphatic rings. The zero-order valence-corrected chi connectivity index (χ0v) is 15.8. The van der Waals surface area contributed by atoms with Crippen molar-refractivity contribution in [2.75, 3.05) is 24.5 Å². The van der Waals surface area contributed by atoms with Crippen LogP contribution in [0.5, 0.6) is 0 Å². The molecule has 0 unspecified atom stereocenters. The third-order valence-corrected chi connectivity index (χ3v) is 4.93. The second-order valence-corrected chi connectivity index (χ2v) is 6.90. The molecule has 7 nitrogen and oxygen atoms in total. The highest BCUT2D eigenvalue weighted by Crippen LogP contribution is 2.22. The van der Waals surface area contributed by atoms with Gasteiger partial charge < -0.3 is 10.2 Å². The van der Waals surface area contributed by atoms with Crippen LogP contribution in [0.2, 0.25) is 0 Å². The lowest BCUT2D eigenvalue weighted by atomic mass is 9.95. The Kier molecular flexibility index (Phi) is 6.57. The molecule has 27 heavy (non-hydrogen) atoms. The van der Waals surface area contributed by atoms with Crippen LogP contribution in [0.15, 0.2) is 41.5 Å². The molecule has 1 saturated heterocycles. The van der Waals surface area contributed by atoms with Gasteiger partial charge in [-0.2, -0.15) is 5.10 Å². The minimum atomic E-state index is -0.0660. The van der Waals surface area contributed by atoms with E-state index in [9.17, 15) is 9.59 Å². The van der Waals surface area contributed by atoms with Crippen molar-refractivity contribution in [1.29, 1.82) is 0 Å². The van der Waals surface area contributed by atoms with Gasteiger partial charge in [0.15, 0.2) is 0 Å². The van der Waals surface area contributed by atoms with Crippen LogP contribution in [0, 0.1) is 5.92 Å². The lowest BCUT2D eigenvalue weighted by Gasteiger charge is -2.32. The molecule has 1 aliphatic heterocycles. The number of aromatic nitrogens is 3. The highest BCUT2D eigenvalue weighted by atomic mass is 16.2. The summed E-state index contributed by atoms with van der Waals surface area (Å²) in [5.74, 6) is 0.139. The van der Waals surface area contributed by atoms with Crippen LogP contribution in [0.25, 0.3) is 0 Å². The number of hydrogen-bond acceptors (Lipinski definition) is 5. The minimum absolute atomic E-state index is 0.0263. The molecule has 0 spiro atoms. The molecule has 0 radical (unpaired) electrons. The Morgan fingerprint density at radius 3 is 2.78 bits per heavy atom. The summed E-state index contributed by atoms with van der Waals surface area (Å²) < 4.78 is 1.49. The molecule has 2 aromatic heterocycles. The van der Waals surface area contributed by atoms with E-state index in [4.69, 9.17) is 0 Å². The quantitative estimate of drug-likeness (QED) is 0.802. The van der Waals surface area contributed by atoms with Crippen LogP contribution < -0.4 is 15.8 Å². The van der Waals surface area contributed by atoms with Crippen LogP contribution in [0.4, 0.5) is 5.69 Å². The van der Waals surface area contributed by atoms with E-state index in [0.29, 0.717) is 13.1 Å². The Balaban J connectivity index is 1.46. The number of pyridine rings is 1. The standard InChI is InChI=1S/C20H27N5O2/c1-2-11-25-19(26)14-18(15-23-25)24-12-7-16(8-13-24)20(27)22-10-6-17-5-3-4-9-21-17/h3-5,9,14-16H,2,6-8,10-13H2,1H3,(H,22,27). The van der Waals surface area contributed by atoms with E-state index in [0.717, 1.165) is 50.2 Å². The largest absolute Gasteiger partial charge is 0.370 e. The zero-order chi connectivity index (χ0) is 19.1. The predicted molar refractivity (Wildman–Crippen MR) is 105 cm³/mol. The van der Waals surface area contributed by atoms with Gasteiger partial charge in [-0.25, -0.2) is 4.68 Å². The molecule has 7 heteroatoms. The molecule has 144 valence electrons. The van der Waals surface area contributed by atoms with Crippen molar-refractivity contribution in [1.82, 2.24) is 20.1 Å². The van der Waals surface area contributed by atoms with Crippen molar-refractivity contribution < 1.29 is 4.79 Å². The Hall–Kier alpha value is -2.70. The van der Waals surface area contributed by atoms with Crippen molar-refractivity contribution in [3.05, 3.63) is 52.7 Å². The molecule has 1 fully saturated rings. The molecule has 0 atom stereocenters. The average molecular weight is 369 g/mol. The maximum atomic E-state index is 12.4. The molecule has 3 rings (SSSR count). The SMILES string of the molecule is CCCn1ncc(N2CCC(C(=O)NCCc3ccccn3)CC2)cc1=O. The van der Waals surface area contributed by atoms with Gasteiger partial charge in [-0.1, -0.05) is 13.0 Å². The summed E-state index contributed by atoms with van der Waals surface area (Å²) in [6.07, 6.45) is 6.71. The van der Waals surface area contributed by atoms with Gasteiger partial charge in [0.25, 0.3) is 5.56 Å². The van der Waals surface area contributed by atoms with Gasteiger partial charge in [0.1, 0.15) is 0 Å². The maximum absolute atomic E-state index is 12.4. The van der Waals surface area contributed by atoms with Crippen LogP contribution in [0.1, 0.15) is 31.9 Å². The normalized spacial score (nSPS) is 14.9. The van der Waals surface area contributed by atoms with E-state index in [1.807, 2.05) is 25.1 Å². The first-order valence-electron chi connectivity index (χ1n) is 9.67. The van der Waals surface area contributed by atoms with Gasteiger partial charge in [0.05, 0.1) is 11.9 Å². The van der Waals surface area contributed by atoms with Gasteiger partial charge in [-0.15, -0.1) is 0 Å². The molecule has 0 saturated carbocycles. The Bertz CT molecular complexity index is 798. The van der Waals surface area contributed by atoms with Crippen molar-refractivity contribution in [2.24, 2.45) is 5.92 Å². The molecule has 0 bridgehead atoms. The number of rotatable bonds is 7. The second kappa shape index (κ2) is 9.30. The highest BCUT2D eigenvalue weighted by molar-refractivity contribution is 5.79. The van der Waals surface area contributed by atoms with E-state index in [1.165, 1.54) is 4.68 Å². The van der Waals surface area contributed by atoms with Crippen molar-refractivity contribution in [2.45, 2.75) is 39.2 Å². The summed E-state index contributed by atoms with van der Waals surface area (Å²) >= 11 is 0. The molecular formula is C20H27N5O2. The van der Waals surface area contributed by atoms with E-state index in [2.05, 4.69) is 20.3 Å². The number of anilines is 1. The number of carbonyl (C=O) groups is 1. The topological polar surface area (TPSA) is 80.1 Å². The second-order valence-electron chi connectivity index (χ2n) is 6.90. The number of carbonyl (C=O) groups excluding carboxylic acids is 1. The number of hydrogen-bond donors (Lipinski definition) is 1. The first kappa shape index (κ1) is 19.1. The first-order valence-corrected chi connectivity index (χ1v) is 9.67. The number of nitrogens with zero attached hydrogens (tertiary/aromatic N) is 4. The van der Waals surface area contributed by atoms with Crippen molar-refractivity contribution in [3.63, 3.8) is 0 Å². The third-order valence-electron chi connectivity index (χ3n) is 4.93. The van der Waals surface area contributed by atoms with Crippen molar-refractivity contribution >= 4 is 11.6 Å². The molecule has 2 aromatic rings. The lowest BCUT2D eigenvalue weighted by Crippen LogP contribution is -2.41. The molecule has 1 amide bonds. The Morgan fingerprint density at radius 1 is 1.30 bits per heavy atom. The lowest BCUT2D eigenvalue weighted by molar-refractivity contribution is -0.125. The number of aryl methyl sites for hydroxylation is 1. The van der Waals surface area contributed by atoms with Crippen LogP contribution in [-0.2, 0) is 17.8 Å². The smallest absolute Gasteiger partial charge is 0.268 e. The van der Waals surface area contributed by atoms with Crippen LogP contribution in [-0.4, -0.2) is 40.3 Å². The average Bonchev–Trinajstić information content (AvgIpc) is 2.70. The molecular weight excluding hydrogens is 342 g/mol. The molecule has 1 N–H and O–H groups in total. The van der Waals surface area contributed by atoms with E-state index < -0.39 is 0 Å². The van der Waals surface area contributed by atoms with E-state index in [1.54, 1.807) is 18.5 Å². The highest BCUT2D eigenvalue weighted by Gasteiger charge is 2.25. The van der Waals surface area contributed by atoms with Gasteiger partial charge in [-0.3, -0.25) is 14.6 Å². The third kappa shape index (κ3) is 5.15. The summed E-state index contributed by atoms with van der Waals surface area (Å²) in [4.78, 5) is 30.9. The predicted octanol–water partition coefficient (Wildman–Crippen LogP) is 1.62.